The van der Waals surface area contributed by atoms with E-state index >= 15 is 0 Å². The number of nitrogens with zero attached hydrogens (tertiary/aromatic N) is 2. The van der Waals surface area contributed by atoms with E-state index in [4.69, 9.17) is 14.9 Å². The number of phenols is 1. The number of aryl methyl sites for hydroxylation is 1. The standard InChI is InChI=1S/C13H12N2O6/c1-15-9(5-8(14-15)13(19)20)7-3-6(12(17)18)4-10(21-2)11(7)16/h3-5,16H,1-2H3,(H,17,18)(H,19,20). The second-order valence-electron chi connectivity index (χ2n) is 4.22. The Balaban J connectivity index is 2.70. The Morgan fingerprint density at radius 2 is 1.86 bits per heavy atom. The van der Waals surface area contributed by atoms with Crippen molar-refractivity contribution in [1.82, 2.24) is 9.78 Å². The highest BCUT2D eigenvalue weighted by Crippen LogP contribution is 2.38. The van der Waals surface area contributed by atoms with Crippen molar-refractivity contribution in [2.75, 3.05) is 7.11 Å². The molecule has 2 rings (SSSR count). The minimum atomic E-state index is -1.22. The molecule has 2 aromatic rings. The molecule has 110 valence electrons. The fourth-order valence-electron chi connectivity index (χ4n) is 1.91. The lowest BCUT2D eigenvalue weighted by atomic mass is 10.1. The van der Waals surface area contributed by atoms with Gasteiger partial charge < -0.3 is 20.1 Å². The molecule has 0 aliphatic carbocycles. The SMILES string of the molecule is COc1cc(C(=O)O)cc(-c2cc(C(=O)O)nn2C)c1O. The van der Waals surface area contributed by atoms with Gasteiger partial charge in [0.1, 0.15) is 0 Å². The van der Waals surface area contributed by atoms with E-state index in [1.54, 1.807) is 0 Å². The van der Waals surface area contributed by atoms with Gasteiger partial charge in [-0.2, -0.15) is 5.10 Å². The van der Waals surface area contributed by atoms with Crippen molar-refractivity contribution in [3.05, 3.63) is 29.5 Å². The molecule has 0 saturated heterocycles. The Kier molecular flexibility index (Phi) is 3.53. The maximum absolute atomic E-state index is 11.1. The maximum atomic E-state index is 11.1. The first-order chi connectivity index (χ1) is 9.85. The van der Waals surface area contributed by atoms with Gasteiger partial charge in [0.15, 0.2) is 17.2 Å². The number of aromatic nitrogens is 2. The second kappa shape index (κ2) is 5.16. The summed E-state index contributed by atoms with van der Waals surface area (Å²) in [4.78, 5) is 22.0. The molecule has 3 N–H and O–H groups in total. The fourth-order valence-corrected chi connectivity index (χ4v) is 1.91. The molecule has 1 aromatic heterocycles. The smallest absolute Gasteiger partial charge is 0.356 e. The van der Waals surface area contributed by atoms with Crippen molar-refractivity contribution >= 4 is 11.9 Å². The van der Waals surface area contributed by atoms with E-state index < -0.39 is 11.9 Å². The van der Waals surface area contributed by atoms with E-state index in [9.17, 15) is 14.7 Å². The average Bonchev–Trinajstić information content (AvgIpc) is 2.81. The van der Waals surface area contributed by atoms with Gasteiger partial charge in [-0.15, -0.1) is 0 Å². The van der Waals surface area contributed by atoms with E-state index in [2.05, 4.69) is 5.10 Å². The van der Waals surface area contributed by atoms with Gasteiger partial charge in [-0.05, 0) is 18.2 Å². The molecule has 0 unspecified atom stereocenters. The highest BCUT2D eigenvalue weighted by molar-refractivity contribution is 5.92. The zero-order valence-corrected chi connectivity index (χ0v) is 11.2. The second-order valence-corrected chi connectivity index (χ2v) is 4.22. The summed E-state index contributed by atoms with van der Waals surface area (Å²) in [5.74, 6) is -2.74. The summed E-state index contributed by atoms with van der Waals surface area (Å²) < 4.78 is 6.17. The molecule has 0 fully saturated rings. The molecule has 0 aliphatic rings. The number of methoxy groups -OCH3 is 1. The van der Waals surface area contributed by atoms with E-state index in [1.165, 1.54) is 37.0 Å². The van der Waals surface area contributed by atoms with Gasteiger partial charge in [-0.25, -0.2) is 9.59 Å². The molecule has 21 heavy (non-hydrogen) atoms. The van der Waals surface area contributed by atoms with Crippen LogP contribution in [-0.2, 0) is 7.05 Å². The van der Waals surface area contributed by atoms with Crippen LogP contribution in [0.15, 0.2) is 18.2 Å². The molecule has 0 amide bonds. The van der Waals surface area contributed by atoms with Crippen LogP contribution >= 0.6 is 0 Å². The summed E-state index contributed by atoms with van der Waals surface area (Å²) in [6.07, 6.45) is 0. The Bertz CT molecular complexity index is 735. The molecular weight excluding hydrogens is 280 g/mol. The van der Waals surface area contributed by atoms with Crippen LogP contribution in [0, 0.1) is 0 Å². The molecule has 1 heterocycles. The number of aromatic hydroxyl groups is 1. The first kappa shape index (κ1) is 14.4. The first-order valence-electron chi connectivity index (χ1n) is 5.77. The molecule has 0 aliphatic heterocycles. The van der Waals surface area contributed by atoms with Gasteiger partial charge in [0.25, 0.3) is 0 Å². The van der Waals surface area contributed by atoms with Gasteiger partial charge in [-0.1, -0.05) is 0 Å². The normalized spacial score (nSPS) is 10.4. The highest BCUT2D eigenvalue weighted by atomic mass is 16.5. The third kappa shape index (κ3) is 2.50. The summed E-state index contributed by atoms with van der Waals surface area (Å²) >= 11 is 0. The summed E-state index contributed by atoms with van der Waals surface area (Å²) in [5.41, 5.74) is 0.0601. The van der Waals surface area contributed by atoms with Gasteiger partial charge in [-0.3, -0.25) is 4.68 Å². The topological polar surface area (TPSA) is 122 Å². The number of carboxylic acids is 2. The third-order valence-electron chi connectivity index (χ3n) is 2.92. The monoisotopic (exact) mass is 292 g/mol. The summed E-state index contributed by atoms with van der Waals surface area (Å²) in [6, 6.07) is 3.64. The van der Waals surface area contributed by atoms with Crippen molar-refractivity contribution < 1.29 is 29.6 Å². The highest BCUT2D eigenvalue weighted by Gasteiger charge is 2.20. The van der Waals surface area contributed by atoms with Gasteiger partial charge in [0, 0.05) is 12.6 Å². The Hall–Kier alpha value is -3.03. The Labute approximate surface area is 118 Å². The van der Waals surface area contributed by atoms with Gasteiger partial charge in [0.2, 0.25) is 0 Å². The average molecular weight is 292 g/mol. The molecule has 1 aromatic carbocycles. The van der Waals surface area contributed by atoms with Crippen molar-refractivity contribution in [1.29, 1.82) is 0 Å². The van der Waals surface area contributed by atoms with Crippen LogP contribution < -0.4 is 4.74 Å². The van der Waals surface area contributed by atoms with Gasteiger partial charge in [0.05, 0.1) is 18.4 Å². The van der Waals surface area contributed by atoms with Crippen LogP contribution in [0.3, 0.4) is 0 Å². The number of carbonyl (C=O) groups is 2. The summed E-state index contributed by atoms with van der Waals surface area (Å²) in [6.45, 7) is 0. The van der Waals surface area contributed by atoms with Crippen LogP contribution in [0.25, 0.3) is 11.3 Å². The number of aromatic carboxylic acids is 2. The molecule has 0 spiro atoms. The largest absolute Gasteiger partial charge is 0.504 e. The zero-order chi connectivity index (χ0) is 15.7. The zero-order valence-electron chi connectivity index (χ0n) is 11.2. The van der Waals surface area contributed by atoms with E-state index in [-0.39, 0.29) is 34.0 Å². The van der Waals surface area contributed by atoms with Gasteiger partial charge >= 0.3 is 11.9 Å². The number of ether oxygens (including phenoxy) is 1. The number of phenolic OH excluding ortho intramolecular Hbond substituents is 1. The quantitative estimate of drug-likeness (QED) is 0.773. The van der Waals surface area contributed by atoms with Crippen LogP contribution in [0.5, 0.6) is 11.5 Å². The number of rotatable bonds is 4. The summed E-state index contributed by atoms with van der Waals surface area (Å²) in [5, 5.41) is 31.9. The Morgan fingerprint density at radius 3 is 2.33 bits per heavy atom. The third-order valence-corrected chi connectivity index (χ3v) is 2.92. The minimum Gasteiger partial charge on any atom is -0.504 e. The van der Waals surface area contributed by atoms with Crippen LogP contribution in [0.2, 0.25) is 0 Å². The fraction of sp³-hybridized carbons (Fsp3) is 0.154. The minimum absolute atomic E-state index is 0.0250. The molecule has 0 bridgehead atoms. The van der Waals surface area contributed by atoms with Crippen molar-refractivity contribution in [3.63, 3.8) is 0 Å². The van der Waals surface area contributed by atoms with Crippen molar-refractivity contribution in [3.8, 4) is 22.8 Å². The predicted octanol–water partition coefficient (Wildman–Crippen LogP) is 1.20. The summed E-state index contributed by atoms with van der Waals surface area (Å²) in [7, 11) is 2.78. The number of hydrogen-bond acceptors (Lipinski definition) is 5. The van der Waals surface area contributed by atoms with Crippen molar-refractivity contribution in [2.45, 2.75) is 0 Å². The van der Waals surface area contributed by atoms with Crippen molar-refractivity contribution in [2.24, 2.45) is 7.05 Å². The van der Waals surface area contributed by atoms with Crippen LogP contribution in [-0.4, -0.2) is 44.1 Å². The number of carboxylic acid groups (broad SMARTS) is 2. The molecular formula is C13H12N2O6. The van der Waals surface area contributed by atoms with E-state index in [0.717, 1.165) is 0 Å². The molecule has 0 radical (unpaired) electrons. The van der Waals surface area contributed by atoms with E-state index in [1.807, 2.05) is 0 Å². The number of benzene rings is 1. The molecule has 8 nitrogen and oxygen atoms in total. The molecule has 0 atom stereocenters. The van der Waals surface area contributed by atoms with Crippen LogP contribution in [0.1, 0.15) is 20.8 Å². The lowest BCUT2D eigenvalue weighted by Gasteiger charge is -2.10. The lowest BCUT2D eigenvalue weighted by molar-refractivity contribution is 0.0682. The predicted molar refractivity (Wildman–Crippen MR) is 70.8 cm³/mol. The van der Waals surface area contributed by atoms with E-state index in [0.29, 0.717) is 0 Å². The number of hydrogen-bond donors (Lipinski definition) is 3. The lowest BCUT2D eigenvalue weighted by Crippen LogP contribution is -2.01. The maximum Gasteiger partial charge on any atom is 0.356 e. The molecule has 0 saturated carbocycles. The first-order valence-corrected chi connectivity index (χ1v) is 5.77. The Morgan fingerprint density at radius 1 is 1.19 bits per heavy atom. The van der Waals surface area contributed by atoms with Crippen LogP contribution in [0.4, 0.5) is 0 Å². The molecule has 8 heteroatoms.